The number of aromatic nitrogens is 3. The fourth-order valence-corrected chi connectivity index (χ4v) is 2.61. The Morgan fingerprint density at radius 1 is 1.22 bits per heavy atom. The van der Waals surface area contributed by atoms with Gasteiger partial charge in [-0.15, -0.1) is 0 Å². The Labute approximate surface area is 136 Å². The molecule has 7 nitrogen and oxygen atoms in total. The minimum Gasteiger partial charge on any atom is -0.384 e. The maximum atomic E-state index is 11.2. The molecule has 0 unspecified atom stereocenters. The second-order valence-electron chi connectivity index (χ2n) is 5.25. The molecular weight excluding hydrogens is 316 g/mol. The summed E-state index contributed by atoms with van der Waals surface area (Å²) < 4.78 is 31.7. The van der Waals surface area contributed by atoms with Crippen molar-refractivity contribution in [2.75, 3.05) is 26.5 Å². The van der Waals surface area contributed by atoms with Crippen molar-refractivity contribution in [3.63, 3.8) is 0 Å². The number of benzene rings is 1. The number of sulfonamides is 1. The van der Waals surface area contributed by atoms with E-state index in [0.717, 1.165) is 17.6 Å². The summed E-state index contributed by atoms with van der Waals surface area (Å²) in [5, 5.41) is 4.51. The van der Waals surface area contributed by atoms with Crippen LogP contribution in [0.1, 0.15) is 17.2 Å². The molecule has 0 aliphatic rings. The van der Waals surface area contributed by atoms with E-state index in [1.807, 2.05) is 35.0 Å². The molecule has 0 saturated heterocycles. The van der Waals surface area contributed by atoms with Gasteiger partial charge < -0.3 is 4.74 Å². The summed E-state index contributed by atoms with van der Waals surface area (Å²) in [6.45, 7) is 1.46. The first-order chi connectivity index (χ1) is 11.0. The lowest BCUT2D eigenvalue weighted by Gasteiger charge is -2.06. The van der Waals surface area contributed by atoms with E-state index in [0.29, 0.717) is 38.4 Å². The second kappa shape index (κ2) is 8.19. The van der Waals surface area contributed by atoms with Gasteiger partial charge in [-0.05, 0) is 5.56 Å². The minimum atomic E-state index is -3.20. The van der Waals surface area contributed by atoms with E-state index in [1.54, 1.807) is 7.11 Å². The van der Waals surface area contributed by atoms with Crippen LogP contribution in [0.5, 0.6) is 0 Å². The Hall–Kier alpha value is -1.77. The van der Waals surface area contributed by atoms with Crippen LogP contribution in [0.25, 0.3) is 0 Å². The van der Waals surface area contributed by atoms with Crippen LogP contribution in [-0.4, -0.2) is 49.7 Å². The quantitative estimate of drug-likeness (QED) is 0.724. The largest absolute Gasteiger partial charge is 0.384 e. The average molecular weight is 338 g/mol. The Morgan fingerprint density at radius 2 is 1.96 bits per heavy atom. The van der Waals surface area contributed by atoms with Crippen LogP contribution in [0.2, 0.25) is 0 Å². The molecule has 0 radical (unpaired) electrons. The van der Waals surface area contributed by atoms with Gasteiger partial charge in [0.1, 0.15) is 5.82 Å². The number of methoxy groups -OCH3 is 1. The Kier molecular flexibility index (Phi) is 6.26. The molecule has 23 heavy (non-hydrogen) atoms. The van der Waals surface area contributed by atoms with Gasteiger partial charge in [0, 0.05) is 26.5 Å². The lowest BCUT2D eigenvalue weighted by Crippen LogP contribution is -2.25. The fourth-order valence-electron chi connectivity index (χ4n) is 2.14. The van der Waals surface area contributed by atoms with Gasteiger partial charge in [-0.25, -0.2) is 22.8 Å². The van der Waals surface area contributed by atoms with Gasteiger partial charge in [-0.1, -0.05) is 30.3 Å². The number of nitrogens with one attached hydrogen (secondary N) is 1. The normalized spacial score (nSPS) is 11.7. The standard InChI is InChI=1S/C15H22N4O3S/c1-22-11-9-14-17-15(8-10-16-23(2,20)21)19(18-14)12-13-6-4-3-5-7-13/h3-7,16H,8-12H2,1-2H3. The molecule has 0 aliphatic carbocycles. The van der Waals surface area contributed by atoms with Crippen LogP contribution < -0.4 is 4.72 Å². The molecule has 0 aliphatic heterocycles. The maximum Gasteiger partial charge on any atom is 0.208 e. The molecule has 1 N–H and O–H groups in total. The molecule has 1 heterocycles. The van der Waals surface area contributed by atoms with Gasteiger partial charge in [0.2, 0.25) is 10.0 Å². The predicted molar refractivity (Wildman–Crippen MR) is 87.7 cm³/mol. The fraction of sp³-hybridized carbons (Fsp3) is 0.467. The third kappa shape index (κ3) is 6.09. The van der Waals surface area contributed by atoms with Crippen LogP contribution in [0.15, 0.2) is 30.3 Å². The third-order valence-corrected chi connectivity index (χ3v) is 3.94. The first-order valence-corrected chi connectivity index (χ1v) is 9.27. The van der Waals surface area contributed by atoms with Crippen molar-refractivity contribution in [3.8, 4) is 0 Å². The topological polar surface area (TPSA) is 86.1 Å². The molecule has 8 heteroatoms. The van der Waals surface area contributed by atoms with E-state index < -0.39 is 10.0 Å². The number of nitrogens with zero attached hydrogens (tertiary/aromatic N) is 3. The summed E-state index contributed by atoms with van der Waals surface area (Å²) in [4.78, 5) is 4.50. The van der Waals surface area contributed by atoms with E-state index in [2.05, 4.69) is 14.8 Å². The zero-order valence-corrected chi connectivity index (χ0v) is 14.2. The molecule has 126 valence electrons. The van der Waals surface area contributed by atoms with Crippen molar-refractivity contribution in [1.29, 1.82) is 0 Å². The lowest BCUT2D eigenvalue weighted by molar-refractivity contribution is 0.200. The second-order valence-corrected chi connectivity index (χ2v) is 7.08. The van der Waals surface area contributed by atoms with Crippen molar-refractivity contribution in [3.05, 3.63) is 47.5 Å². The number of hydrogen-bond donors (Lipinski definition) is 1. The zero-order valence-electron chi connectivity index (χ0n) is 13.4. The lowest BCUT2D eigenvalue weighted by atomic mass is 10.2. The summed E-state index contributed by atoms with van der Waals surface area (Å²) in [5.74, 6) is 1.47. The van der Waals surface area contributed by atoms with Crippen molar-refractivity contribution >= 4 is 10.0 Å². The predicted octanol–water partition coefficient (Wildman–Crippen LogP) is 0.607. The summed E-state index contributed by atoms with van der Waals surface area (Å²) in [6.07, 6.45) is 2.26. The Balaban J connectivity index is 2.11. The SMILES string of the molecule is COCCc1nc(CCNS(C)(=O)=O)n(Cc2ccccc2)n1. The van der Waals surface area contributed by atoms with Gasteiger partial charge in [0.15, 0.2) is 5.82 Å². The van der Waals surface area contributed by atoms with Crippen LogP contribution in [-0.2, 0) is 34.1 Å². The average Bonchev–Trinajstić information content (AvgIpc) is 2.87. The Morgan fingerprint density at radius 3 is 2.61 bits per heavy atom. The highest BCUT2D eigenvalue weighted by Crippen LogP contribution is 2.07. The van der Waals surface area contributed by atoms with Crippen molar-refractivity contribution < 1.29 is 13.2 Å². The maximum absolute atomic E-state index is 11.2. The number of hydrogen-bond acceptors (Lipinski definition) is 5. The van der Waals surface area contributed by atoms with Crippen molar-refractivity contribution in [1.82, 2.24) is 19.5 Å². The van der Waals surface area contributed by atoms with Gasteiger partial charge in [0.25, 0.3) is 0 Å². The molecule has 0 fully saturated rings. The van der Waals surface area contributed by atoms with Gasteiger partial charge >= 0.3 is 0 Å². The van der Waals surface area contributed by atoms with E-state index in [9.17, 15) is 8.42 Å². The van der Waals surface area contributed by atoms with E-state index in [-0.39, 0.29) is 0 Å². The zero-order chi connectivity index (χ0) is 16.7. The molecule has 2 aromatic rings. The monoisotopic (exact) mass is 338 g/mol. The molecule has 0 bridgehead atoms. The molecule has 0 atom stereocenters. The van der Waals surface area contributed by atoms with Crippen molar-refractivity contribution in [2.24, 2.45) is 0 Å². The van der Waals surface area contributed by atoms with Gasteiger partial charge in [0.05, 0.1) is 19.4 Å². The highest BCUT2D eigenvalue weighted by atomic mass is 32.2. The van der Waals surface area contributed by atoms with Crippen molar-refractivity contribution in [2.45, 2.75) is 19.4 Å². The first kappa shape index (κ1) is 17.6. The minimum absolute atomic E-state index is 0.302. The van der Waals surface area contributed by atoms with Crippen LogP contribution >= 0.6 is 0 Å². The van der Waals surface area contributed by atoms with Crippen LogP contribution in [0.4, 0.5) is 0 Å². The van der Waals surface area contributed by atoms with E-state index in [1.165, 1.54) is 0 Å². The van der Waals surface area contributed by atoms with Crippen LogP contribution in [0.3, 0.4) is 0 Å². The van der Waals surface area contributed by atoms with E-state index in [4.69, 9.17) is 4.74 Å². The molecule has 1 aromatic carbocycles. The summed E-state index contributed by atoms with van der Waals surface area (Å²) in [5.41, 5.74) is 1.12. The van der Waals surface area contributed by atoms with Gasteiger partial charge in [-0.3, -0.25) is 0 Å². The summed E-state index contributed by atoms with van der Waals surface area (Å²) in [6, 6.07) is 9.96. The molecule has 2 rings (SSSR count). The molecule has 0 amide bonds. The Bertz CT molecular complexity index is 714. The van der Waals surface area contributed by atoms with Crippen LogP contribution in [0, 0.1) is 0 Å². The first-order valence-electron chi connectivity index (χ1n) is 7.38. The summed E-state index contributed by atoms with van der Waals surface area (Å²) in [7, 11) is -1.56. The van der Waals surface area contributed by atoms with E-state index >= 15 is 0 Å². The highest BCUT2D eigenvalue weighted by Gasteiger charge is 2.11. The summed E-state index contributed by atoms with van der Waals surface area (Å²) >= 11 is 0. The molecule has 0 spiro atoms. The van der Waals surface area contributed by atoms with Gasteiger partial charge in [-0.2, -0.15) is 5.10 Å². The number of rotatable bonds is 9. The smallest absolute Gasteiger partial charge is 0.208 e. The molecule has 1 aromatic heterocycles. The molecular formula is C15H22N4O3S. The highest BCUT2D eigenvalue weighted by molar-refractivity contribution is 7.88. The third-order valence-electron chi connectivity index (χ3n) is 3.21. The molecule has 0 saturated carbocycles. The number of ether oxygens (including phenoxy) is 1.